The summed E-state index contributed by atoms with van der Waals surface area (Å²) in [4.78, 5) is 29.9. The van der Waals surface area contributed by atoms with Crippen molar-refractivity contribution in [2.45, 2.75) is 25.3 Å². The number of carbonyl (C=O) groups excluding carboxylic acids is 2. The van der Waals surface area contributed by atoms with Crippen molar-refractivity contribution in [2.24, 2.45) is 0 Å². The van der Waals surface area contributed by atoms with Gasteiger partial charge in [0, 0.05) is 23.5 Å². The molecule has 1 fully saturated rings. The SMILES string of the molecule is Cc1ccc(NC(=O)N2CCS[C@@]23C(=O)N(Cc2ccccc2C)c2ccccc23)cc1. The molecule has 0 aliphatic carbocycles. The second-order valence-corrected chi connectivity index (χ2v) is 9.56. The first-order valence-electron chi connectivity index (χ1n) is 10.8. The summed E-state index contributed by atoms with van der Waals surface area (Å²) in [5.41, 5.74) is 5.87. The zero-order valence-electron chi connectivity index (χ0n) is 18.2. The lowest BCUT2D eigenvalue weighted by atomic mass is 10.1. The van der Waals surface area contributed by atoms with Crippen LogP contribution in [0, 0.1) is 13.8 Å². The quantitative estimate of drug-likeness (QED) is 0.599. The number of urea groups is 1. The number of nitrogens with one attached hydrogen (secondary N) is 1. The number of thioether (sulfide) groups is 1. The summed E-state index contributed by atoms with van der Waals surface area (Å²) in [6.07, 6.45) is 0. The van der Waals surface area contributed by atoms with E-state index in [1.54, 1.807) is 16.7 Å². The number of rotatable bonds is 3. The highest BCUT2D eigenvalue weighted by molar-refractivity contribution is 8.01. The molecule has 0 radical (unpaired) electrons. The van der Waals surface area contributed by atoms with E-state index in [2.05, 4.69) is 24.4 Å². The van der Waals surface area contributed by atoms with E-state index in [1.165, 1.54) is 0 Å². The Bertz CT molecular complexity index is 1190. The molecule has 1 N–H and O–H groups in total. The van der Waals surface area contributed by atoms with Gasteiger partial charge >= 0.3 is 6.03 Å². The molecular weight excluding hydrogens is 418 g/mol. The predicted octanol–water partition coefficient (Wildman–Crippen LogP) is 5.28. The van der Waals surface area contributed by atoms with Crippen LogP contribution >= 0.6 is 11.8 Å². The Morgan fingerprint density at radius 3 is 2.50 bits per heavy atom. The van der Waals surface area contributed by atoms with Crippen molar-refractivity contribution in [3.8, 4) is 0 Å². The fourth-order valence-corrected chi connectivity index (χ4v) is 5.97. The number of para-hydroxylation sites is 1. The highest BCUT2D eigenvalue weighted by Gasteiger charge is 2.59. The molecule has 3 aromatic rings. The average Bonchev–Trinajstić information content (AvgIpc) is 3.34. The van der Waals surface area contributed by atoms with E-state index in [4.69, 9.17) is 0 Å². The lowest BCUT2D eigenvalue weighted by Gasteiger charge is -2.33. The maximum atomic E-state index is 14.0. The molecule has 2 heterocycles. The lowest BCUT2D eigenvalue weighted by Crippen LogP contribution is -2.51. The van der Waals surface area contributed by atoms with Gasteiger partial charge in [-0.2, -0.15) is 0 Å². The Morgan fingerprint density at radius 1 is 1.00 bits per heavy atom. The van der Waals surface area contributed by atoms with Crippen molar-refractivity contribution in [2.75, 3.05) is 22.5 Å². The molecule has 0 unspecified atom stereocenters. The number of amides is 3. The van der Waals surface area contributed by atoms with Crippen LogP contribution in [0.1, 0.15) is 22.3 Å². The van der Waals surface area contributed by atoms with Crippen molar-refractivity contribution in [3.05, 3.63) is 95.1 Å². The molecule has 3 amide bonds. The fraction of sp³-hybridized carbons (Fsp3) is 0.231. The molecule has 6 heteroatoms. The van der Waals surface area contributed by atoms with Gasteiger partial charge in [0.2, 0.25) is 0 Å². The van der Waals surface area contributed by atoms with Gasteiger partial charge in [0.25, 0.3) is 5.91 Å². The van der Waals surface area contributed by atoms with Crippen molar-refractivity contribution in [3.63, 3.8) is 0 Å². The third kappa shape index (κ3) is 3.26. The Kier molecular flexibility index (Phi) is 5.18. The summed E-state index contributed by atoms with van der Waals surface area (Å²) >= 11 is 1.54. The van der Waals surface area contributed by atoms with Crippen LogP contribution in [0.3, 0.4) is 0 Å². The van der Waals surface area contributed by atoms with Crippen LogP contribution in [0.2, 0.25) is 0 Å². The Labute approximate surface area is 192 Å². The summed E-state index contributed by atoms with van der Waals surface area (Å²) in [5.74, 6) is 0.656. The predicted molar refractivity (Wildman–Crippen MR) is 130 cm³/mol. The summed E-state index contributed by atoms with van der Waals surface area (Å²) < 4.78 is 0. The first kappa shape index (κ1) is 20.6. The van der Waals surface area contributed by atoms with Crippen LogP contribution in [-0.2, 0) is 16.2 Å². The topological polar surface area (TPSA) is 52.7 Å². The molecule has 1 atom stereocenters. The van der Waals surface area contributed by atoms with Crippen LogP contribution in [0.4, 0.5) is 16.2 Å². The molecule has 2 aliphatic heterocycles. The van der Waals surface area contributed by atoms with E-state index in [1.807, 2.05) is 72.5 Å². The Hall–Kier alpha value is -3.25. The van der Waals surface area contributed by atoms with Gasteiger partial charge in [-0.1, -0.05) is 60.2 Å². The van der Waals surface area contributed by atoms with Crippen LogP contribution in [-0.4, -0.2) is 29.1 Å². The first-order valence-corrected chi connectivity index (χ1v) is 11.7. The molecule has 0 saturated carbocycles. The number of carbonyl (C=O) groups is 2. The van der Waals surface area contributed by atoms with Gasteiger partial charge in [-0.05, 0) is 43.2 Å². The summed E-state index contributed by atoms with van der Waals surface area (Å²) in [7, 11) is 0. The third-order valence-corrected chi connectivity index (χ3v) is 7.66. The highest BCUT2D eigenvalue weighted by Crippen LogP contribution is 2.54. The minimum absolute atomic E-state index is 0.0523. The van der Waals surface area contributed by atoms with Gasteiger partial charge in [0.1, 0.15) is 0 Å². The lowest BCUT2D eigenvalue weighted by molar-refractivity contribution is -0.123. The van der Waals surface area contributed by atoms with Gasteiger partial charge in [-0.15, -0.1) is 11.8 Å². The van der Waals surface area contributed by atoms with E-state index in [0.717, 1.165) is 33.6 Å². The van der Waals surface area contributed by atoms with Crippen molar-refractivity contribution < 1.29 is 9.59 Å². The third-order valence-electron chi connectivity index (χ3n) is 6.24. The second kappa shape index (κ2) is 8.02. The number of hydrogen-bond donors (Lipinski definition) is 1. The maximum absolute atomic E-state index is 14.0. The van der Waals surface area contributed by atoms with Gasteiger partial charge < -0.3 is 10.2 Å². The van der Waals surface area contributed by atoms with Gasteiger partial charge in [0.15, 0.2) is 4.87 Å². The zero-order chi connectivity index (χ0) is 22.3. The Balaban J connectivity index is 1.51. The molecule has 0 bridgehead atoms. The van der Waals surface area contributed by atoms with Crippen molar-refractivity contribution >= 4 is 35.1 Å². The van der Waals surface area contributed by atoms with E-state index in [9.17, 15) is 9.59 Å². The van der Waals surface area contributed by atoms with E-state index < -0.39 is 4.87 Å². The zero-order valence-corrected chi connectivity index (χ0v) is 19.0. The smallest absolute Gasteiger partial charge is 0.308 e. The van der Waals surface area contributed by atoms with Gasteiger partial charge in [-0.3, -0.25) is 9.69 Å². The average molecular weight is 444 g/mol. The number of benzene rings is 3. The largest absolute Gasteiger partial charge is 0.323 e. The monoisotopic (exact) mass is 443 g/mol. The highest BCUT2D eigenvalue weighted by atomic mass is 32.2. The molecule has 5 nitrogen and oxygen atoms in total. The normalized spacial score (nSPS) is 19.5. The number of aryl methyl sites for hydroxylation is 2. The maximum Gasteiger partial charge on any atom is 0.323 e. The number of hydrogen-bond acceptors (Lipinski definition) is 3. The Morgan fingerprint density at radius 2 is 1.72 bits per heavy atom. The second-order valence-electron chi connectivity index (χ2n) is 8.28. The minimum Gasteiger partial charge on any atom is -0.308 e. The molecule has 2 aliphatic rings. The molecule has 162 valence electrons. The summed E-state index contributed by atoms with van der Waals surface area (Å²) in [6.45, 7) is 5.07. The van der Waals surface area contributed by atoms with Crippen molar-refractivity contribution in [1.82, 2.24) is 4.90 Å². The number of nitrogens with zero attached hydrogens (tertiary/aromatic N) is 2. The number of anilines is 2. The van der Waals surface area contributed by atoms with Crippen LogP contribution in [0.25, 0.3) is 0 Å². The van der Waals surface area contributed by atoms with E-state index in [-0.39, 0.29) is 11.9 Å². The van der Waals surface area contributed by atoms with Crippen molar-refractivity contribution in [1.29, 1.82) is 0 Å². The first-order chi connectivity index (χ1) is 15.5. The van der Waals surface area contributed by atoms with Gasteiger partial charge in [-0.25, -0.2) is 4.79 Å². The summed E-state index contributed by atoms with van der Waals surface area (Å²) in [6, 6.07) is 23.4. The van der Waals surface area contributed by atoms with Crippen LogP contribution in [0.15, 0.2) is 72.8 Å². The molecule has 1 spiro atoms. The number of fused-ring (bicyclic) bond motifs is 2. The molecule has 1 saturated heterocycles. The fourth-order valence-electron chi connectivity index (χ4n) is 4.51. The molecule has 5 rings (SSSR count). The van der Waals surface area contributed by atoms with Crippen LogP contribution in [0.5, 0.6) is 0 Å². The standard InChI is InChI=1S/C26H25N3O2S/c1-18-11-13-21(14-12-18)27-25(31)29-15-16-32-26(29)22-9-5-6-10-23(22)28(24(26)30)17-20-8-4-3-7-19(20)2/h3-14H,15-17H2,1-2H3,(H,27,31)/t26-/m0/s1. The van der Waals surface area contributed by atoms with E-state index >= 15 is 0 Å². The minimum atomic E-state index is -1.03. The molecule has 3 aromatic carbocycles. The van der Waals surface area contributed by atoms with E-state index in [0.29, 0.717) is 18.8 Å². The summed E-state index contributed by atoms with van der Waals surface area (Å²) in [5, 5.41) is 2.99. The molecular formula is C26H25N3O2S. The van der Waals surface area contributed by atoms with Gasteiger partial charge in [0.05, 0.1) is 12.2 Å². The molecule has 0 aromatic heterocycles. The molecule has 32 heavy (non-hydrogen) atoms. The van der Waals surface area contributed by atoms with Crippen LogP contribution < -0.4 is 10.2 Å².